The van der Waals surface area contributed by atoms with Crippen LogP contribution in [0.3, 0.4) is 0 Å². The average molecular weight is 211 g/mol. The van der Waals surface area contributed by atoms with Crippen LogP contribution in [0.15, 0.2) is 43.0 Å². The van der Waals surface area contributed by atoms with Crippen LogP contribution in [0.2, 0.25) is 4.82 Å². The third-order valence-electron chi connectivity index (χ3n) is 1.40. The fourth-order valence-electron chi connectivity index (χ4n) is 0.762. The van der Waals surface area contributed by atoms with Gasteiger partial charge in [0, 0.05) is 0 Å². The molecule has 1 atom stereocenters. The van der Waals surface area contributed by atoms with E-state index in [0.29, 0.717) is 19.8 Å². The molecule has 1 heteroatoms. The predicted molar refractivity (Wildman–Crippen MR) is 51.5 cm³/mol. The molecule has 1 unspecified atom stereocenters. The molecule has 0 heterocycles. The van der Waals surface area contributed by atoms with Crippen molar-refractivity contribution in [3.8, 4) is 0 Å². The molecule has 0 radical (unpaired) electrons. The van der Waals surface area contributed by atoms with E-state index in [1.54, 1.807) is 0 Å². The monoisotopic (exact) mass is 212 g/mol. The second-order valence-corrected chi connectivity index (χ2v) is 5.42. The molecule has 58 valence electrons. The summed E-state index contributed by atoms with van der Waals surface area (Å²) >= 11 is 0.559. The Bertz CT molecular complexity index is 216. The Labute approximate surface area is 74.5 Å². The first-order valence-corrected chi connectivity index (χ1v) is 5.52. The first-order valence-electron chi connectivity index (χ1n) is 3.67. The Kier molecular flexibility index (Phi) is 3.41. The molecular weight excluding hydrogens is 199 g/mol. The van der Waals surface area contributed by atoms with Gasteiger partial charge in [-0.2, -0.15) is 0 Å². The fraction of sp³-hybridized carbons (Fsp3) is 0.200. The summed E-state index contributed by atoms with van der Waals surface area (Å²) in [6, 6.07) is 10.6. The van der Waals surface area contributed by atoms with E-state index in [-0.39, 0.29) is 0 Å². The van der Waals surface area contributed by atoms with Gasteiger partial charge in [0.2, 0.25) is 0 Å². The quantitative estimate of drug-likeness (QED) is 0.530. The van der Waals surface area contributed by atoms with Crippen LogP contribution in [0, 0.1) is 0 Å². The van der Waals surface area contributed by atoms with Crippen LogP contribution in [0.4, 0.5) is 0 Å². The van der Waals surface area contributed by atoms with Crippen molar-refractivity contribution in [2.45, 2.75) is 11.7 Å². The summed E-state index contributed by atoms with van der Waals surface area (Å²) in [6.45, 7) is 5.98. The molecule has 11 heavy (non-hydrogen) atoms. The van der Waals surface area contributed by atoms with Gasteiger partial charge in [-0.3, -0.25) is 0 Å². The molecule has 0 aromatic heterocycles. The van der Waals surface area contributed by atoms with Crippen LogP contribution < -0.4 is 4.46 Å². The van der Waals surface area contributed by atoms with Crippen molar-refractivity contribution in [1.29, 1.82) is 0 Å². The number of rotatable bonds is 3. The molecule has 0 fully saturated rings. The summed E-state index contributed by atoms with van der Waals surface area (Å²) in [5, 5.41) is 0. The molecule has 0 aliphatic heterocycles. The van der Waals surface area contributed by atoms with Crippen LogP contribution in [0.1, 0.15) is 6.92 Å². The van der Waals surface area contributed by atoms with Crippen molar-refractivity contribution in [1.82, 2.24) is 0 Å². The average Bonchev–Trinajstić information content (AvgIpc) is 2.06. The number of benzene rings is 1. The summed E-state index contributed by atoms with van der Waals surface area (Å²) in [7, 11) is 0. The summed E-state index contributed by atoms with van der Waals surface area (Å²) < 4.78 is 1.45. The molecule has 1 aromatic rings. The number of hydrogen-bond donors (Lipinski definition) is 0. The minimum absolute atomic E-state index is 0.559. The van der Waals surface area contributed by atoms with Crippen molar-refractivity contribution in [3.05, 3.63) is 43.0 Å². The van der Waals surface area contributed by atoms with Crippen LogP contribution in [0.5, 0.6) is 0 Å². The van der Waals surface area contributed by atoms with Gasteiger partial charge in [0.15, 0.2) is 0 Å². The van der Waals surface area contributed by atoms with Gasteiger partial charge in [-0.05, 0) is 0 Å². The second kappa shape index (κ2) is 4.38. The molecule has 1 rings (SSSR count). The van der Waals surface area contributed by atoms with Crippen molar-refractivity contribution in [2.24, 2.45) is 0 Å². The van der Waals surface area contributed by atoms with Gasteiger partial charge in [-0.25, -0.2) is 0 Å². The topological polar surface area (TPSA) is 0 Å². The van der Waals surface area contributed by atoms with Crippen molar-refractivity contribution in [3.63, 3.8) is 0 Å². The standard InChI is InChI=1S/C10H12Se/c1-3-9(2)11-10-7-5-4-6-8-10/h3-9H,1H2,2H3. The molecule has 0 N–H and O–H groups in total. The van der Waals surface area contributed by atoms with Crippen LogP contribution in [-0.4, -0.2) is 15.0 Å². The van der Waals surface area contributed by atoms with E-state index in [2.05, 4.69) is 43.8 Å². The summed E-state index contributed by atoms with van der Waals surface area (Å²) in [4.78, 5) is 0.643. The van der Waals surface area contributed by atoms with Crippen molar-refractivity contribution >= 4 is 19.4 Å². The zero-order chi connectivity index (χ0) is 8.10. The SMILES string of the molecule is C=CC(C)[Se]c1ccccc1. The van der Waals surface area contributed by atoms with Crippen LogP contribution in [0.25, 0.3) is 0 Å². The summed E-state index contributed by atoms with van der Waals surface area (Å²) in [5.74, 6) is 0. The molecule has 0 aliphatic rings. The molecule has 0 spiro atoms. The van der Waals surface area contributed by atoms with Gasteiger partial charge in [0.25, 0.3) is 0 Å². The zero-order valence-electron chi connectivity index (χ0n) is 6.66. The van der Waals surface area contributed by atoms with E-state index in [4.69, 9.17) is 0 Å². The van der Waals surface area contributed by atoms with Crippen molar-refractivity contribution in [2.75, 3.05) is 0 Å². The molecular formula is C10H12Se. The van der Waals surface area contributed by atoms with Gasteiger partial charge < -0.3 is 0 Å². The molecule has 1 aromatic carbocycles. The maximum absolute atomic E-state index is 3.77. The Balaban J connectivity index is 2.57. The van der Waals surface area contributed by atoms with Gasteiger partial charge in [0.05, 0.1) is 0 Å². The molecule has 0 bridgehead atoms. The first-order chi connectivity index (χ1) is 5.33. The normalized spacial score (nSPS) is 12.5. The van der Waals surface area contributed by atoms with E-state index in [1.165, 1.54) is 4.46 Å². The van der Waals surface area contributed by atoms with Crippen LogP contribution in [-0.2, 0) is 0 Å². The van der Waals surface area contributed by atoms with Crippen molar-refractivity contribution < 1.29 is 0 Å². The Hall–Kier alpha value is -0.521. The summed E-state index contributed by atoms with van der Waals surface area (Å²) in [6.07, 6.45) is 2.02. The summed E-state index contributed by atoms with van der Waals surface area (Å²) in [5.41, 5.74) is 0. The zero-order valence-corrected chi connectivity index (χ0v) is 8.37. The third kappa shape index (κ3) is 2.92. The minimum atomic E-state index is 0.559. The van der Waals surface area contributed by atoms with E-state index < -0.39 is 0 Å². The number of hydrogen-bond acceptors (Lipinski definition) is 0. The third-order valence-corrected chi connectivity index (χ3v) is 3.72. The second-order valence-electron chi connectivity index (χ2n) is 2.37. The van der Waals surface area contributed by atoms with Gasteiger partial charge in [-0.15, -0.1) is 0 Å². The molecule has 0 aliphatic carbocycles. The maximum atomic E-state index is 3.77. The molecule has 0 nitrogen and oxygen atoms in total. The van der Waals surface area contributed by atoms with E-state index >= 15 is 0 Å². The first kappa shape index (κ1) is 8.57. The van der Waals surface area contributed by atoms with E-state index in [0.717, 1.165) is 0 Å². The fourth-order valence-corrected chi connectivity index (χ4v) is 2.52. The van der Waals surface area contributed by atoms with Crippen LogP contribution >= 0.6 is 0 Å². The molecule has 0 amide bonds. The molecule has 0 saturated heterocycles. The Morgan fingerprint density at radius 3 is 2.55 bits per heavy atom. The predicted octanol–water partition coefficient (Wildman–Crippen LogP) is 2.01. The Morgan fingerprint density at radius 2 is 2.00 bits per heavy atom. The van der Waals surface area contributed by atoms with Gasteiger partial charge >= 0.3 is 74.1 Å². The van der Waals surface area contributed by atoms with E-state index in [1.807, 2.05) is 6.08 Å². The van der Waals surface area contributed by atoms with Gasteiger partial charge in [-0.1, -0.05) is 0 Å². The van der Waals surface area contributed by atoms with E-state index in [9.17, 15) is 0 Å². The molecule has 0 saturated carbocycles. The number of allylic oxidation sites excluding steroid dienone is 1. The van der Waals surface area contributed by atoms with Gasteiger partial charge in [0.1, 0.15) is 0 Å². The Morgan fingerprint density at radius 1 is 1.36 bits per heavy atom.